The van der Waals surface area contributed by atoms with Crippen LogP contribution in [0, 0.1) is 5.92 Å². The second kappa shape index (κ2) is 10.5. The minimum Gasteiger partial charge on any atom is -0.480 e. The minimum atomic E-state index is -4.53. The predicted octanol–water partition coefficient (Wildman–Crippen LogP) is 5.19. The topological polar surface area (TPSA) is 125 Å². The zero-order valence-electron chi connectivity index (χ0n) is 19.5. The number of nitrogens with one attached hydrogen (secondary N) is 2. The molecule has 1 aromatic heterocycles. The van der Waals surface area contributed by atoms with Crippen LogP contribution in [0.4, 0.5) is 29.3 Å². The minimum absolute atomic E-state index is 0.0219. The van der Waals surface area contributed by atoms with E-state index in [1.165, 1.54) is 37.4 Å². The van der Waals surface area contributed by atoms with E-state index in [1.54, 1.807) is 26.0 Å². The van der Waals surface area contributed by atoms with Crippen LogP contribution in [0.3, 0.4) is 0 Å². The lowest BCUT2D eigenvalue weighted by Gasteiger charge is -2.26. The largest absolute Gasteiger partial charge is 0.480 e. The number of carbonyl (C=O) groups is 3. The second-order valence-electron chi connectivity index (χ2n) is 8.25. The number of hydrogen-bond acceptors (Lipinski definition) is 5. The molecule has 0 spiro atoms. The highest BCUT2D eigenvalue weighted by Gasteiger charge is 2.32. The number of rotatable bonds is 7. The first kappa shape index (κ1) is 26.3. The number of carboxylic acids is 1. The Bertz CT molecular complexity index is 1260. The molecule has 1 heterocycles. The number of aliphatic carboxylic acids is 1. The van der Waals surface area contributed by atoms with E-state index in [4.69, 9.17) is 4.52 Å². The fourth-order valence-electron chi connectivity index (χ4n) is 3.50. The van der Waals surface area contributed by atoms with E-state index in [9.17, 15) is 32.7 Å². The van der Waals surface area contributed by atoms with Gasteiger partial charge in [0.1, 0.15) is 11.7 Å². The number of carbonyl (C=O) groups excluding carboxylic acids is 2. The number of urea groups is 1. The van der Waals surface area contributed by atoms with E-state index in [0.29, 0.717) is 16.9 Å². The normalized spacial score (nSPS) is 12.2. The van der Waals surface area contributed by atoms with Crippen LogP contribution in [0.25, 0.3) is 11.3 Å². The third-order valence-corrected chi connectivity index (χ3v) is 5.23. The van der Waals surface area contributed by atoms with E-state index in [0.717, 1.165) is 17.0 Å². The van der Waals surface area contributed by atoms with Gasteiger partial charge in [-0.2, -0.15) is 13.2 Å². The Hall–Kier alpha value is -4.35. The Morgan fingerprint density at radius 1 is 1.00 bits per heavy atom. The maximum Gasteiger partial charge on any atom is 0.416 e. The van der Waals surface area contributed by atoms with Gasteiger partial charge in [-0.25, -0.2) is 9.59 Å². The summed E-state index contributed by atoms with van der Waals surface area (Å²) in [7, 11) is 1.37. The van der Waals surface area contributed by atoms with Crippen LogP contribution in [-0.4, -0.2) is 46.2 Å². The van der Waals surface area contributed by atoms with Crippen molar-refractivity contribution in [3.05, 3.63) is 65.9 Å². The summed E-state index contributed by atoms with van der Waals surface area (Å²) in [4.78, 5) is 37.4. The van der Waals surface area contributed by atoms with Crippen molar-refractivity contribution in [2.75, 3.05) is 17.7 Å². The van der Waals surface area contributed by atoms with E-state index in [1.807, 2.05) is 0 Å². The fourth-order valence-corrected chi connectivity index (χ4v) is 3.50. The Labute approximate surface area is 203 Å². The molecule has 36 heavy (non-hydrogen) atoms. The summed E-state index contributed by atoms with van der Waals surface area (Å²) in [6.45, 7) is 3.37. The molecule has 0 saturated carbocycles. The average molecular weight is 504 g/mol. The molecule has 190 valence electrons. The highest BCUT2D eigenvalue weighted by molar-refractivity contribution is 6.00. The van der Waals surface area contributed by atoms with Crippen LogP contribution in [-0.2, 0) is 11.0 Å². The lowest BCUT2D eigenvalue weighted by atomic mass is 10.0. The molecular formula is C24H23F3N4O5. The first-order valence-corrected chi connectivity index (χ1v) is 10.7. The predicted molar refractivity (Wildman–Crippen MR) is 124 cm³/mol. The Morgan fingerprint density at radius 3 is 2.22 bits per heavy atom. The van der Waals surface area contributed by atoms with Crippen molar-refractivity contribution in [3.8, 4) is 11.3 Å². The molecule has 1 atom stereocenters. The number of benzene rings is 2. The second-order valence-corrected chi connectivity index (χ2v) is 8.25. The lowest BCUT2D eigenvalue weighted by molar-refractivity contribution is -0.143. The molecular weight excluding hydrogens is 481 g/mol. The van der Waals surface area contributed by atoms with E-state index in [-0.39, 0.29) is 17.4 Å². The molecule has 0 unspecified atom stereocenters. The van der Waals surface area contributed by atoms with Crippen LogP contribution in [0.1, 0.15) is 30.0 Å². The van der Waals surface area contributed by atoms with E-state index >= 15 is 0 Å². The molecule has 0 bridgehead atoms. The number of nitrogens with zero attached hydrogens (tertiary/aromatic N) is 2. The van der Waals surface area contributed by atoms with Gasteiger partial charge in [0, 0.05) is 30.1 Å². The van der Waals surface area contributed by atoms with Crippen LogP contribution < -0.4 is 10.6 Å². The molecule has 9 nitrogen and oxygen atoms in total. The number of hydrogen-bond donors (Lipinski definition) is 3. The van der Waals surface area contributed by atoms with Crippen molar-refractivity contribution in [2.24, 2.45) is 5.92 Å². The number of carboxylic acid groups (broad SMARTS) is 1. The van der Waals surface area contributed by atoms with Crippen LogP contribution in [0.2, 0.25) is 0 Å². The standard InChI is InChI=1S/C24H23F3N4O5/c1-13(2)20(22(33)34)31(3)21(32)19-12-18(30-36-19)14-7-9-16(10-8-14)28-23(35)29-17-6-4-5-15(11-17)24(25,26)27/h4-13,20H,1-3H3,(H,33,34)(H2,28,29,35)/t20-/m0/s1. The molecule has 3 rings (SSSR count). The van der Waals surface area contributed by atoms with Gasteiger partial charge >= 0.3 is 18.2 Å². The summed E-state index contributed by atoms with van der Waals surface area (Å²) in [6, 6.07) is 10.1. The maximum atomic E-state index is 12.8. The van der Waals surface area contributed by atoms with Crippen molar-refractivity contribution in [1.29, 1.82) is 0 Å². The van der Waals surface area contributed by atoms with E-state index in [2.05, 4.69) is 15.8 Å². The maximum absolute atomic E-state index is 12.8. The monoisotopic (exact) mass is 504 g/mol. The summed E-state index contributed by atoms with van der Waals surface area (Å²) in [5.74, 6) is -2.24. The van der Waals surface area contributed by atoms with Gasteiger partial charge in [0.25, 0.3) is 5.91 Å². The van der Waals surface area contributed by atoms with Crippen LogP contribution in [0.5, 0.6) is 0 Å². The number of halogens is 3. The van der Waals surface area contributed by atoms with Gasteiger partial charge < -0.3 is 25.2 Å². The molecule has 0 fully saturated rings. The number of alkyl halides is 3. The zero-order valence-corrected chi connectivity index (χ0v) is 19.5. The Kier molecular flexibility index (Phi) is 7.66. The summed E-state index contributed by atoms with van der Waals surface area (Å²) in [5, 5.41) is 18.1. The zero-order chi connectivity index (χ0) is 26.6. The van der Waals surface area contributed by atoms with Gasteiger partial charge in [-0.05, 0) is 36.2 Å². The smallest absolute Gasteiger partial charge is 0.416 e. The molecule has 0 radical (unpaired) electrons. The summed E-state index contributed by atoms with van der Waals surface area (Å²) >= 11 is 0. The summed E-state index contributed by atoms with van der Waals surface area (Å²) < 4.78 is 43.6. The molecule has 12 heteroatoms. The molecule has 0 aliphatic heterocycles. The first-order chi connectivity index (χ1) is 16.9. The molecule has 3 amide bonds. The quantitative estimate of drug-likeness (QED) is 0.407. The van der Waals surface area contributed by atoms with Gasteiger partial charge in [-0.15, -0.1) is 0 Å². The van der Waals surface area contributed by atoms with E-state index < -0.39 is 35.7 Å². The molecule has 0 saturated heterocycles. The average Bonchev–Trinajstić information content (AvgIpc) is 3.28. The van der Waals surface area contributed by atoms with Gasteiger partial charge in [-0.3, -0.25) is 4.79 Å². The van der Waals surface area contributed by atoms with Gasteiger partial charge in [-0.1, -0.05) is 37.2 Å². The van der Waals surface area contributed by atoms with Crippen molar-refractivity contribution in [1.82, 2.24) is 10.1 Å². The summed E-state index contributed by atoms with van der Waals surface area (Å²) in [6.07, 6.45) is -4.53. The number of aromatic nitrogens is 1. The lowest BCUT2D eigenvalue weighted by Crippen LogP contribution is -2.45. The van der Waals surface area contributed by atoms with Gasteiger partial charge in [0.2, 0.25) is 5.76 Å². The first-order valence-electron chi connectivity index (χ1n) is 10.7. The van der Waals surface area contributed by atoms with Crippen molar-refractivity contribution >= 4 is 29.3 Å². The van der Waals surface area contributed by atoms with Gasteiger partial charge in [0.05, 0.1) is 5.56 Å². The third-order valence-electron chi connectivity index (χ3n) is 5.23. The molecule has 3 N–H and O–H groups in total. The highest BCUT2D eigenvalue weighted by atomic mass is 19.4. The van der Waals surface area contributed by atoms with Crippen molar-refractivity contribution in [2.45, 2.75) is 26.1 Å². The van der Waals surface area contributed by atoms with Gasteiger partial charge in [0.15, 0.2) is 0 Å². The molecule has 3 aromatic rings. The highest BCUT2D eigenvalue weighted by Crippen LogP contribution is 2.30. The number of amides is 3. The molecule has 2 aromatic carbocycles. The fraction of sp³-hybridized carbons (Fsp3) is 0.250. The number of anilines is 2. The third kappa shape index (κ3) is 6.20. The Morgan fingerprint density at radius 2 is 1.64 bits per heavy atom. The Balaban J connectivity index is 1.66. The summed E-state index contributed by atoms with van der Waals surface area (Å²) in [5.41, 5.74) is 0.297. The van der Waals surface area contributed by atoms with Crippen LogP contribution in [0.15, 0.2) is 59.1 Å². The molecule has 0 aliphatic rings. The SMILES string of the molecule is CC(C)[C@@H](C(=O)O)N(C)C(=O)c1cc(-c2ccc(NC(=O)Nc3cccc(C(F)(F)F)c3)cc2)no1. The van der Waals surface area contributed by atoms with Crippen molar-refractivity contribution in [3.63, 3.8) is 0 Å². The molecule has 0 aliphatic carbocycles. The number of likely N-dealkylation sites (N-methyl/N-ethyl adjacent to an activating group) is 1. The van der Waals surface area contributed by atoms with Crippen molar-refractivity contribution < 1.29 is 37.2 Å². The van der Waals surface area contributed by atoms with Crippen LogP contribution >= 0.6 is 0 Å².